The molecule has 0 saturated heterocycles. The molecule has 0 bridgehead atoms. The van der Waals surface area contributed by atoms with Crippen LogP contribution in [0.15, 0.2) is 71.7 Å². The second-order valence-electron chi connectivity index (χ2n) is 5.23. The van der Waals surface area contributed by atoms with E-state index in [9.17, 15) is 4.39 Å². The van der Waals surface area contributed by atoms with Gasteiger partial charge >= 0.3 is 0 Å². The van der Waals surface area contributed by atoms with Gasteiger partial charge in [0.25, 0.3) is 0 Å². The number of allylic oxidation sites excluding steroid dienone is 8. The molecule has 100 valence electrons. The maximum atomic E-state index is 13.5. The van der Waals surface area contributed by atoms with Gasteiger partial charge in [-0.1, -0.05) is 42.5 Å². The normalized spacial score (nSPS) is 34.3. The molecule has 3 heteroatoms. The van der Waals surface area contributed by atoms with Crippen molar-refractivity contribution in [3.05, 3.63) is 71.7 Å². The Balaban J connectivity index is 2.45. The Bertz CT molecular complexity index is 555. The third kappa shape index (κ3) is 4.02. The van der Waals surface area contributed by atoms with Crippen LogP contribution in [0.25, 0.3) is 0 Å². The lowest BCUT2D eigenvalue weighted by Crippen LogP contribution is -2.11. The predicted octanol–water partition coefficient (Wildman–Crippen LogP) is 4.77. The van der Waals surface area contributed by atoms with Crippen LogP contribution < -0.4 is 0 Å². The summed E-state index contributed by atoms with van der Waals surface area (Å²) in [7, 11) is 0. The standard InChI is InChI=1S/C16H17FS2/c1-15(18)8-4-3-5-12(9-15)13-6-7-14(17)11-16(2,19)10-13/h3-11,18-19H,1-2H3. The molecule has 0 amide bonds. The topological polar surface area (TPSA) is 0 Å². The molecule has 2 unspecified atom stereocenters. The van der Waals surface area contributed by atoms with Crippen molar-refractivity contribution in [3.63, 3.8) is 0 Å². The quantitative estimate of drug-likeness (QED) is 0.639. The van der Waals surface area contributed by atoms with Crippen LogP contribution in [0.5, 0.6) is 0 Å². The first-order chi connectivity index (χ1) is 8.77. The van der Waals surface area contributed by atoms with Crippen LogP contribution in [0.4, 0.5) is 4.39 Å². The van der Waals surface area contributed by atoms with Gasteiger partial charge in [-0.25, -0.2) is 4.39 Å². The molecule has 19 heavy (non-hydrogen) atoms. The van der Waals surface area contributed by atoms with Crippen molar-refractivity contribution in [3.8, 4) is 0 Å². The van der Waals surface area contributed by atoms with Gasteiger partial charge < -0.3 is 0 Å². The number of thiol groups is 2. The molecule has 2 aliphatic rings. The highest BCUT2D eigenvalue weighted by molar-refractivity contribution is 7.82. The van der Waals surface area contributed by atoms with Crippen LogP contribution in [-0.4, -0.2) is 9.49 Å². The molecule has 0 aliphatic heterocycles. The highest BCUT2D eigenvalue weighted by Crippen LogP contribution is 2.32. The van der Waals surface area contributed by atoms with E-state index in [1.54, 1.807) is 6.08 Å². The number of halogens is 1. The molecule has 0 saturated carbocycles. The summed E-state index contributed by atoms with van der Waals surface area (Å²) in [5, 5.41) is 0. The molecule has 2 rings (SSSR count). The van der Waals surface area contributed by atoms with Gasteiger partial charge in [0, 0.05) is 9.49 Å². The zero-order valence-corrected chi connectivity index (χ0v) is 12.8. The summed E-state index contributed by atoms with van der Waals surface area (Å²) in [4.78, 5) is 0. The molecule has 0 heterocycles. The smallest absolute Gasteiger partial charge is 0.120 e. The third-order valence-electron chi connectivity index (χ3n) is 2.90. The van der Waals surface area contributed by atoms with Crippen molar-refractivity contribution < 1.29 is 4.39 Å². The van der Waals surface area contributed by atoms with Gasteiger partial charge in [0.2, 0.25) is 0 Å². The second-order valence-corrected chi connectivity index (χ2v) is 7.16. The van der Waals surface area contributed by atoms with Crippen LogP contribution in [0.1, 0.15) is 13.8 Å². The molecule has 0 N–H and O–H groups in total. The van der Waals surface area contributed by atoms with E-state index in [0.29, 0.717) is 0 Å². The molecule has 0 aromatic carbocycles. The van der Waals surface area contributed by atoms with Gasteiger partial charge in [0.05, 0.1) is 0 Å². The molecule has 0 fully saturated rings. The Morgan fingerprint density at radius 1 is 0.842 bits per heavy atom. The molecular weight excluding hydrogens is 275 g/mol. The van der Waals surface area contributed by atoms with E-state index in [2.05, 4.69) is 31.3 Å². The number of rotatable bonds is 1. The van der Waals surface area contributed by atoms with Crippen molar-refractivity contribution in [1.29, 1.82) is 0 Å². The minimum absolute atomic E-state index is 0.270. The van der Waals surface area contributed by atoms with Gasteiger partial charge in [-0.05, 0) is 37.1 Å². The van der Waals surface area contributed by atoms with E-state index >= 15 is 0 Å². The SMILES string of the molecule is CC1(S)C=CC=CC(C2=CC(C)(S)C=C(F)C=C2)=C1. The van der Waals surface area contributed by atoms with Crippen LogP contribution in [-0.2, 0) is 0 Å². The maximum absolute atomic E-state index is 13.5. The summed E-state index contributed by atoms with van der Waals surface area (Å²) >= 11 is 9.07. The van der Waals surface area contributed by atoms with E-state index < -0.39 is 4.75 Å². The van der Waals surface area contributed by atoms with Crippen molar-refractivity contribution >= 4 is 25.3 Å². The van der Waals surface area contributed by atoms with E-state index in [-0.39, 0.29) is 10.6 Å². The van der Waals surface area contributed by atoms with Gasteiger partial charge in [0.1, 0.15) is 5.83 Å². The summed E-state index contributed by atoms with van der Waals surface area (Å²) in [6.45, 7) is 3.88. The molecular formula is C16H17FS2. The van der Waals surface area contributed by atoms with Crippen LogP contribution >= 0.6 is 25.3 Å². The van der Waals surface area contributed by atoms with Gasteiger partial charge in [-0.2, -0.15) is 25.3 Å². The van der Waals surface area contributed by atoms with Crippen molar-refractivity contribution in [2.45, 2.75) is 23.3 Å². The van der Waals surface area contributed by atoms with E-state index in [1.807, 2.05) is 44.2 Å². The van der Waals surface area contributed by atoms with Crippen molar-refractivity contribution in [1.82, 2.24) is 0 Å². The van der Waals surface area contributed by atoms with Gasteiger partial charge in [0.15, 0.2) is 0 Å². The van der Waals surface area contributed by atoms with E-state index in [4.69, 9.17) is 0 Å². The molecule has 2 aliphatic carbocycles. The summed E-state index contributed by atoms with van der Waals surface area (Å²) < 4.78 is 12.6. The molecule has 0 aromatic rings. The Kier molecular flexibility index (Phi) is 3.98. The maximum Gasteiger partial charge on any atom is 0.120 e. The highest BCUT2D eigenvalue weighted by Gasteiger charge is 2.20. The zero-order valence-electron chi connectivity index (χ0n) is 11.0. The van der Waals surface area contributed by atoms with E-state index in [0.717, 1.165) is 11.1 Å². The Labute approximate surface area is 125 Å². The summed E-state index contributed by atoms with van der Waals surface area (Å²) in [6.07, 6.45) is 16.7. The number of hydrogen-bond acceptors (Lipinski definition) is 2. The molecule has 2 atom stereocenters. The lowest BCUT2D eigenvalue weighted by Gasteiger charge is -2.17. The summed E-state index contributed by atoms with van der Waals surface area (Å²) in [5.41, 5.74) is 1.96. The second kappa shape index (κ2) is 5.22. The van der Waals surface area contributed by atoms with E-state index in [1.165, 1.54) is 12.2 Å². The Hall–Kier alpha value is -0.930. The van der Waals surface area contributed by atoms with Gasteiger partial charge in [-0.3, -0.25) is 0 Å². The third-order valence-corrected chi connectivity index (χ3v) is 3.44. The Morgan fingerprint density at radius 2 is 1.47 bits per heavy atom. The monoisotopic (exact) mass is 292 g/mol. The predicted molar refractivity (Wildman–Crippen MR) is 87.6 cm³/mol. The van der Waals surface area contributed by atoms with Crippen molar-refractivity contribution in [2.75, 3.05) is 0 Å². The van der Waals surface area contributed by atoms with Crippen molar-refractivity contribution in [2.24, 2.45) is 0 Å². The Morgan fingerprint density at radius 3 is 2.21 bits per heavy atom. The van der Waals surface area contributed by atoms with Gasteiger partial charge in [-0.15, -0.1) is 0 Å². The fraction of sp³-hybridized carbons (Fsp3) is 0.250. The first-order valence-electron chi connectivity index (χ1n) is 6.11. The lowest BCUT2D eigenvalue weighted by molar-refractivity contribution is 0.658. The zero-order chi connectivity index (χ0) is 14.1. The molecule has 0 radical (unpaired) electrons. The van der Waals surface area contributed by atoms with Crippen LogP contribution in [0.3, 0.4) is 0 Å². The highest BCUT2D eigenvalue weighted by atomic mass is 32.1. The molecule has 0 aromatic heterocycles. The fourth-order valence-corrected chi connectivity index (χ4v) is 2.57. The summed E-state index contributed by atoms with van der Waals surface area (Å²) in [5.74, 6) is -0.270. The number of hydrogen-bond donors (Lipinski definition) is 2. The first kappa shape index (κ1) is 14.5. The lowest BCUT2D eigenvalue weighted by atomic mass is 9.98. The largest absolute Gasteiger partial charge is 0.207 e. The summed E-state index contributed by atoms with van der Waals surface area (Å²) in [6, 6.07) is 0. The minimum Gasteiger partial charge on any atom is -0.207 e. The molecule has 0 nitrogen and oxygen atoms in total. The average Bonchev–Trinajstić information content (AvgIpc) is 2.51. The molecule has 0 spiro atoms. The fourth-order valence-electron chi connectivity index (χ4n) is 2.08. The van der Waals surface area contributed by atoms with Crippen LogP contribution in [0, 0.1) is 0 Å². The minimum atomic E-state index is -0.607. The first-order valence-corrected chi connectivity index (χ1v) is 7.00. The average molecular weight is 292 g/mol. The van der Waals surface area contributed by atoms with Crippen LogP contribution in [0.2, 0.25) is 0 Å².